The van der Waals surface area contributed by atoms with Crippen molar-refractivity contribution in [3.05, 3.63) is 30.1 Å². The largest absolute Gasteiger partial charge is 0.372 e. The summed E-state index contributed by atoms with van der Waals surface area (Å²) in [5.41, 5.74) is 0.544. The summed E-state index contributed by atoms with van der Waals surface area (Å²) in [4.78, 5) is 27.4. The number of hydrogen-bond acceptors (Lipinski definition) is 3. The van der Waals surface area contributed by atoms with E-state index in [1.54, 1.807) is 30.1 Å². The topological polar surface area (TPSA) is 64.7 Å². The van der Waals surface area contributed by atoms with Crippen LogP contribution in [0.4, 0.5) is 14.9 Å². The average Bonchev–Trinajstić information content (AvgIpc) is 3.07. The molecule has 7 heteroatoms. The maximum atomic E-state index is 13.7. The van der Waals surface area contributed by atoms with Gasteiger partial charge < -0.3 is 20.4 Å². The van der Waals surface area contributed by atoms with Gasteiger partial charge in [0, 0.05) is 33.7 Å². The van der Waals surface area contributed by atoms with Gasteiger partial charge in [0.1, 0.15) is 11.9 Å². The second kappa shape index (κ2) is 8.52. The van der Waals surface area contributed by atoms with Gasteiger partial charge in [-0.05, 0) is 31.4 Å². The van der Waals surface area contributed by atoms with Gasteiger partial charge in [-0.25, -0.2) is 9.18 Å². The zero-order chi connectivity index (χ0) is 17.5. The standard InChI is InChI=1S/C17H25FN4O2/c1-19-16(23)15-9-5-12-22(15)17(24)20-10-6-11-21(2)14-8-4-3-7-13(14)18/h3-4,7-8,15H,5-6,9-12H2,1-2H3,(H,19,23)(H,20,24)/t15-/m0/s1. The fourth-order valence-corrected chi connectivity index (χ4v) is 2.94. The number of urea groups is 1. The van der Waals surface area contributed by atoms with Crippen LogP contribution in [0.1, 0.15) is 19.3 Å². The first-order chi connectivity index (χ1) is 11.5. The molecule has 1 aliphatic heterocycles. The lowest BCUT2D eigenvalue weighted by molar-refractivity contribution is -0.124. The Morgan fingerprint density at radius 1 is 1.38 bits per heavy atom. The Balaban J connectivity index is 1.75. The number of likely N-dealkylation sites (N-methyl/N-ethyl adjacent to an activating group) is 1. The smallest absolute Gasteiger partial charge is 0.318 e. The van der Waals surface area contributed by atoms with Crippen LogP contribution in [0.25, 0.3) is 0 Å². The molecule has 0 spiro atoms. The van der Waals surface area contributed by atoms with Gasteiger partial charge in [-0.3, -0.25) is 4.79 Å². The molecule has 1 aromatic carbocycles. The maximum Gasteiger partial charge on any atom is 0.318 e. The Morgan fingerprint density at radius 2 is 2.12 bits per heavy atom. The van der Waals surface area contributed by atoms with E-state index in [1.165, 1.54) is 6.07 Å². The molecule has 2 N–H and O–H groups in total. The SMILES string of the molecule is CNC(=O)[C@@H]1CCCN1C(=O)NCCCN(C)c1ccccc1F. The molecule has 1 aliphatic rings. The van der Waals surface area contributed by atoms with Crippen LogP contribution < -0.4 is 15.5 Å². The molecule has 2 rings (SSSR count). The number of halogens is 1. The highest BCUT2D eigenvalue weighted by Crippen LogP contribution is 2.18. The zero-order valence-corrected chi connectivity index (χ0v) is 14.2. The molecular weight excluding hydrogens is 311 g/mol. The van der Waals surface area contributed by atoms with Gasteiger partial charge in [-0.1, -0.05) is 12.1 Å². The van der Waals surface area contributed by atoms with E-state index >= 15 is 0 Å². The lowest BCUT2D eigenvalue weighted by atomic mass is 10.2. The van der Waals surface area contributed by atoms with E-state index in [1.807, 2.05) is 11.9 Å². The Labute approximate surface area is 142 Å². The van der Waals surface area contributed by atoms with E-state index < -0.39 is 0 Å². The highest BCUT2D eigenvalue weighted by Gasteiger charge is 2.33. The molecule has 0 radical (unpaired) electrons. The van der Waals surface area contributed by atoms with Crippen molar-refractivity contribution < 1.29 is 14.0 Å². The van der Waals surface area contributed by atoms with Crippen LogP contribution >= 0.6 is 0 Å². The molecule has 1 fully saturated rings. The summed E-state index contributed by atoms with van der Waals surface area (Å²) in [5, 5.41) is 5.44. The summed E-state index contributed by atoms with van der Waals surface area (Å²) in [6.07, 6.45) is 2.22. The van der Waals surface area contributed by atoms with Gasteiger partial charge in [0.05, 0.1) is 5.69 Å². The third kappa shape index (κ3) is 4.37. The number of benzene rings is 1. The van der Waals surface area contributed by atoms with Crippen molar-refractivity contribution in [1.29, 1.82) is 0 Å². The molecule has 1 aromatic rings. The van der Waals surface area contributed by atoms with Gasteiger partial charge in [0.25, 0.3) is 0 Å². The predicted octanol–water partition coefficient (Wildman–Crippen LogP) is 1.57. The molecule has 3 amide bonds. The van der Waals surface area contributed by atoms with Gasteiger partial charge >= 0.3 is 6.03 Å². The van der Waals surface area contributed by atoms with Crippen molar-refractivity contribution in [2.45, 2.75) is 25.3 Å². The van der Waals surface area contributed by atoms with E-state index in [0.717, 1.165) is 6.42 Å². The molecule has 6 nitrogen and oxygen atoms in total. The molecule has 1 atom stereocenters. The average molecular weight is 336 g/mol. The molecule has 0 bridgehead atoms. The third-order valence-corrected chi connectivity index (χ3v) is 4.27. The Kier molecular flexibility index (Phi) is 6.40. The number of amides is 3. The quantitative estimate of drug-likeness (QED) is 0.775. The highest BCUT2D eigenvalue weighted by atomic mass is 19.1. The summed E-state index contributed by atoms with van der Waals surface area (Å²) in [7, 11) is 3.40. The number of carbonyl (C=O) groups is 2. The molecule has 0 unspecified atom stereocenters. The number of likely N-dealkylation sites (tertiary alicyclic amines) is 1. The summed E-state index contributed by atoms with van der Waals surface area (Å²) in [6, 6.07) is 6.02. The van der Waals surface area contributed by atoms with Crippen LogP contribution in [0.2, 0.25) is 0 Å². The Hall–Kier alpha value is -2.31. The summed E-state index contributed by atoms with van der Waals surface area (Å²) in [5.74, 6) is -0.378. The van der Waals surface area contributed by atoms with Crippen LogP contribution in [0.3, 0.4) is 0 Å². The van der Waals surface area contributed by atoms with Crippen molar-refractivity contribution >= 4 is 17.6 Å². The van der Waals surface area contributed by atoms with Gasteiger partial charge in [0.2, 0.25) is 5.91 Å². The van der Waals surface area contributed by atoms with E-state index in [9.17, 15) is 14.0 Å². The molecule has 24 heavy (non-hydrogen) atoms. The molecule has 0 saturated carbocycles. The summed E-state index contributed by atoms with van der Waals surface area (Å²) >= 11 is 0. The van der Waals surface area contributed by atoms with Crippen LogP contribution in [-0.4, -0.2) is 56.6 Å². The minimum atomic E-state index is -0.379. The lowest BCUT2D eigenvalue weighted by Crippen LogP contribution is -2.49. The number of nitrogens with zero attached hydrogens (tertiary/aromatic N) is 2. The minimum absolute atomic E-state index is 0.123. The van der Waals surface area contributed by atoms with E-state index in [0.29, 0.717) is 38.2 Å². The van der Waals surface area contributed by atoms with Gasteiger partial charge in [0.15, 0.2) is 0 Å². The number of hydrogen-bond donors (Lipinski definition) is 2. The van der Waals surface area contributed by atoms with Crippen LogP contribution in [0.5, 0.6) is 0 Å². The molecule has 132 valence electrons. The second-order valence-corrected chi connectivity index (χ2v) is 5.92. The predicted molar refractivity (Wildman–Crippen MR) is 91.5 cm³/mol. The first-order valence-corrected chi connectivity index (χ1v) is 8.26. The van der Waals surface area contributed by atoms with Crippen LogP contribution in [-0.2, 0) is 4.79 Å². The second-order valence-electron chi connectivity index (χ2n) is 5.92. The van der Waals surface area contributed by atoms with Gasteiger partial charge in [-0.15, -0.1) is 0 Å². The molecule has 0 aliphatic carbocycles. The molecule has 0 aromatic heterocycles. The third-order valence-electron chi connectivity index (χ3n) is 4.27. The van der Waals surface area contributed by atoms with Crippen LogP contribution in [0, 0.1) is 5.82 Å². The van der Waals surface area contributed by atoms with Crippen molar-refractivity contribution in [2.24, 2.45) is 0 Å². The molecule has 1 saturated heterocycles. The summed E-state index contributed by atoms with van der Waals surface area (Å²) < 4.78 is 13.7. The van der Waals surface area contributed by atoms with Crippen molar-refractivity contribution in [3.8, 4) is 0 Å². The first-order valence-electron chi connectivity index (χ1n) is 8.26. The fraction of sp³-hybridized carbons (Fsp3) is 0.529. The van der Waals surface area contributed by atoms with Gasteiger partial charge in [-0.2, -0.15) is 0 Å². The summed E-state index contributed by atoms with van der Waals surface area (Å²) in [6.45, 7) is 1.70. The number of para-hydroxylation sites is 1. The Bertz CT molecular complexity index is 581. The number of nitrogens with one attached hydrogen (secondary N) is 2. The van der Waals surface area contributed by atoms with E-state index in [2.05, 4.69) is 10.6 Å². The maximum absolute atomic E-state index is 13.7. The number of rotatable bonds is 6. The zero-order valence-electron chi connectivity index (χ0n) is 14.2. The van der Waals surface area contributed by atoms with E-state index in [-0.39, 0.29) is 23.8 Å². The lowest BCUT2D eigenvalue weighted by Gasteiger charge is -2.24. The number of carbonyl (C=O) groups excluding carboxylic acids is 2. The van der Waals surface area contributed by atoms with Crippen molar-refractivity contribution in [2.75, 3.05) is 38.6 Å². The van der Waals surface area contributed by atoms with Crippen molar-refractivity contribution in [1.82, 2.24) is 15.5 Å². The normalized spacial score (nSPS) is 16.8. The van der Waals surface area contributed by atoms with Crippen LogP contribution in [0.15, 0.2) is 24.3 Å². The minimum Gasteiger partial charge on any atom is -0.372 e. The number of anilines is 1. The molecular formula is C17H25FN4O2. The molecule has 1 heterocycles. The fourth-order valence-electron chi connectivity index (χ4n) is 2.94. The first kappa shape index (κ1) is 18.0. The van der Waals surface area contributed by atoms with E-state index in [4.69, 9.17) is 0 Å². The highest BCUT2D eigenvalue weighted by molar-refractivity contribution is 5.87. The monoisotopic (exact) mass is 336 g/mol. The van der Waals surface area contributed by atoms with Crippen molar-refractivity contribution in [3.63, 3.8) is 0 Å². The Morgan fingerprint density at radius 3 is 2.83 bits per heavy atom.